The fourth-order valence-electron chi connectivity index (χ4n) is 2.28. The maximum absolute atomic E-state index is 12.4. The Morgan fingerprint density at radius 2 is 2.14 bits per heavy atom. The lowest BCUT2D eigenvalue weighted by atomic mass is 9.99. The lowest BCUT2D eigenvalue weighted by molar-refractivity contribution is -0.125. The first kappa shape index (κ1) is 15.5. The Labute approximate surface area is 121 Å². The molecule has 0 saturated carbocycles. The summed E-state index contributed by atoms with van der Waals surface area (Å²) in [6, 6.07) is 2.21. The number of carbonyl (C=O) groups is 2. The van der Waals surface area contributed by atoms with Gasteiger partial charge in [0.05, 0.1) is 5.92 Å². The molecule has 1 saturated heterocycles. The van der Waals surface area contributed by atoms with Gasteiger partial charge in [0.2, 0.25) is 16.8 Å². The molecule has 0 aromatic carbocycles. The Balaban J connectivity index is 2.22. The molecule has 1 aromatic heterocycles. The molecule has 1 atom stereocenters. The Bertz CT molecular complexity index is 650. The van der Waals surface area contributed by atoms with E-state index in [1.165, 1.54) is 7.05 Å². The maximum atomic E-state index is 12.4. The Hall–Kier alpha value is -1.87. The van der Waals surface area contributed by atoms with Crippen molar-refractivity contribution in [3.63, 3.8) is 0 Å². The smallest absolute Gasteiger partial charge is 0.371 e. The van der Waals surface area contributed by atoms with E-state index in [0.717, 1.165) is 16.4 Å². The maximum Gasteiger partial charge on any atom is 0.371 e. The highest BCUT2D eigenvalue weighted by atomic mass is 32.2. The van der Waals surface area contributed by atoms with E-state index in [2.05, 4.69) is 5.32 Å². The van der Waals surface area contributed by atoms with Crippen LogP contribution in [0.5, 0.6) is 0 Å². The quantitative estimate of drug-likeness (QED) is 0.815. The van der Waals surface area contributed by atoms with Crippen LogP contribution < -0.4 is 5.32 Å². The van der Waals surface area contributed by atoms with Crippen LogP contribution in [0.1, 0.15) is 23.4 Å². The largest absolute Gasteiger partial charge is 0.475 e. The second kappa shape index (κ2) is 5.86. The van der Waals surface area contributed by atoms with Crippen molar-refractivity contribution in [2.24, 2.45) is 5.92 Å². The Morgan fingerprint density at radius 1 is 1.43 bits per heavy atom. The van der Waals surface area contributed by atoms with Crippen molar-refractivity contribution in [2.45, 2.75) is 17.9 Å². The minimum Gasteiger partial charge on any atom is -0.475 e. The molecule has 1 unspecified atom stereocenters. The van der Waals surface area contributed by atoms with Crippen molar-refractivity contribution < 1.29 is 27.5 Å². The third-order valence-corrected chi connectivity index (χ3v) is 5.13. The molecule has 0 radical (unpaired) electrons. The fourth-order valence-corrected chi connectivity index (χ4v) is 3.72. The minimum absolute atomic E-state index is 0.0606. The van der Waals surface area contributed by atoms with Gasteiger partial charge in [0.25, 0.3) is 10.0 Å². The van der Waals surface area contributed by atoms with Crippen molar-refractivity contribution in [1.29, 1.82) is 0 Å². The molecule has 1 fully saturated rings. The third-order valence-electron chi connectivity index (χ3n) is 3.39. The zero-order valence-electron chi connectivity index (χ0n) is 11.4. The summed E-state index contributed by atoms with van der Waals surface area (Å²) in [6.07, 6.45) is 1.17. The number of nitrogens with one attached hydrogen (secondary N) is 1. The van der Waals surface area contributed by atoms with Gasteiger partial charge >= 0.3 is 5.97 Å². The molecule has 9 heteroatoms. The number of sulfonamides is 1. The van der Waals surface area contributed by atoms with Gasteiger partial charge < -0.3 is 14.8 Å². The van der Waals surface area contributed by atoms with Crippen LogP contribution in [0.15, 0.2) is 21.6 Å². The average Bonchev–Trinajstić information content (AvgIpc) is 2.97. The van der Waals surface area contributed by atoms with Crippen LogP contribution in [0.25, 0.3) is 0 Å². The molecule has 21 heavy (non-hydrogen) atoms. The molecular formula is C12H16N2O6S. The number of piperidine rings is 1. The monoisotopic (exact) mass is 316 g/mol. The van der Waals surface area contributed by atoms with Crippen molar-refractivity contribution in [3.8, 4) is 0 Å². The van der Waals surface area contributed by atoms with Gasteiger partial charge in [-0.3, -0.25) is 4.79 Å². The molecule has 1 aliphatic heterocycles. The number of aromatic carboxylic acids is 1. The minimum atomic E-state index is -3.93. The SMILES string of the molecule is CNC(=O)C1CCCN(S(=O)(=O)c2ccc(C(=O)O)o2)C1. The lowest BCUT2D eigenvalue weighted by Crippen LogP contribution is -2.44. The molecule has 2 N–H and O–H groups in total. The van der Waals surface area contributed by atoms with Crippen LogP contribution in [-0.2, 0) is 14.8 Å². The zero-order chi connectivity index (χ0) is 15.6. The summed E-state index contributed by atoms with van der Waals surface area (Å²) in [5.74, 6) is -2.39. The standard InChI is InChI=1S/C12H16N2O6S/c1-13-11(15)8-3-2-6-14(7-8)21(18,19)10-5-4-9(20-10)12(16)17/h4-5,8H,2-3,6-7H2,1H3,(H,13,15)(H,16,17). The lowest BCUT2D eigenvalue weighted by Gasteiger charge is -2.30. The summed E-state index contributed by atoms with van der Waals surface area (Å²) in [5, 5.41) is 10.9. The highest BCUT2D eigenvalue weighted by Crippen LogP contribution is 2.25. The number of amides is 1. The van der Waals surface area contributed by atoms with Crippen molar-refractivity contribution in [2.75, 3.05) is 20.1 Å². The van der Waals surface area contributed by atoms with Crippen LogP contribution >= 0.6 is 0 Å². The number of hydrogen-bond donors (Lipinski definition) is 2. The van der Waals surface area contributed by atoms with Crippen LogP contribution in [0.2, 0.25) is 0 Å². The number of hydrogen-bond acceptors (Lipinski definition) is 5. The summed E-state index contributed by atoms with van der Waals surface area (Å²) in [4.78, 5) is 22.4. The number of furan rings is 1. The van der Waals surface area contributed by atoms with Crippen LogP contribution in [0.3, 0.4) is 0 Å². The van der Waals surface area contributed by atoms with E-state index < -0.39 is 32.8 Å². The number of rotatable bonds is 4. The molecule has 116 valence electrons. The summed E-state index contributed by atoms with van der Waals surface area (Å²) in [5.41, 5.74) is 0. The first-order valence-electron chi connectivity index (χ1n) is 6.41. The highest BCUT2D eigenvalue weighted by Gasteiger charge is 2.35. The van der Waals surface area contributed by atoms with Gasteiger partial charge in [-0.05, 0) is 25.0 Å². The van der Waals surface area contributed by atoms with Crippen molar-refractivity contribution in [3.05, 3.63) is 17.9 Å². The molecule has 1 amide bonds. The zero-order valence-corrected chi connectivity index (χ0v) is 12.2. The molecule has 1 aromatic rings. The number of nitrogens with zero attached hydrogens (tertiary/aromatic N) is 1. The number of carboxylic acid groups (broad SMARTS) is 1. The van der Waals surface area contributed by atoms with Gasteiger partial charge in [-0.15, -0.1) is 0 Å². The van der Waals surface area contributed by atoms with E-state index in [4.69, 9.17) is 9.52 Å². The summed E-state index contributed by atoms with van der Waals surface area (Å²) in [6.45, 7) is 0.337. The predicted octanol–water partition coefficient (Wildman–Crippen LogP) is 0.125. The predicted molar refractivity (Wildman–Crippen MR) is 71.2 cm³/mol. The third kappa shape index (κ3) is 3.08. The number of carboxylic acids is 1. The molecule has 1 aliphatic rings. The molecule has 2 heterocycles. The van der Waals surface area contributed by atoms with Gasteiger partial charge in [-0.1, -0.05) is 0 Å². The molecule has 0 aliphatic carbocycles. The normalized spacial score (nSPS) is 20.1. The van der Waals surface area contributed by atoms with Gasteiger partial charge in [0, 0.05) is 20.1 Å². The van der Waals surface area contributed by atoms with E-state index in [1.54, 1.807) is 0 Å². The second-order valence-corrected chi connectivity index (χ2v) is 6.61. The summed E-state index contributed by atoms with van der Waals surface area (Å²) < 4.78 is 30.8. The molecule has 0 bridgehead atoms. The molecular weight excluding hydrogens is 300 g/mol. The Morgan fingerprint density at radius 3 is 2.71 bits per heavy atom. The van der Waals surface area contributed by atoms with Gasteiger partial charge in [-0.2, -0.15) is 4.31 Å². The highest BCUT2D eigenvalue weighted by molar-refractivity contribution is 7.89. The van der Waals surface area contributed by atoms with E-state index >= 15 is 0 Å². The summed E-state index contributed by atoms with van der Waals surface area (Å²) >= 11 is 0. The van der Waals surface area contributed by atoms with Crippen molar-refractivity contribution >= 4 is 21.9 Å². The second-order valence-electron chi connectivity index (χ2n) is 4.74. The van der Waals surface area contributed by atoms with Gasteiger partial charge in [-0.25, -0.2) is 13.2 Å². The van der Waals surface area contributed by atoms with Gasteiger partial charge in [0.15, 0.2) is 0 Å². The Kier molecular flexibility index (Phi) is 4.33. The first-order valence-corrected chi connectivity index (χ1v) is 7.85. The molecule has 8 nitrogen and oxygen atoms in total. The van der Waals surface area contributed by atoms with Crippen LogP contribution in [0, 0.1) is 5.92 Å². The van der Waals surface area contributed by atoms with Crippen LogP contribution in [-0.4, -0.2) is 49.8 Å². The van der Waals surface area contributed by atoms with E-state index in [-0.39, 0.29) is 19.0 Å². The fraction of sp³-hybridized carbons (Fsp3) is 0.500. The first-order chi connectivity index (χ1) is 9.86. The van der Waals surface area contributed by atoms with E-state index in [9.17, 15) is 18.0 Å². The van der Waals surface area contributed by atoms with E-state index in [1.807, 2.05) is 0 Å². The summed E-state index contributed by atoms with van der Waals surface area (Å²) in [7, 11) is -2.42. The average molecular weight is 316 g/mol. The molecule has 0 spiro atoms. The van der Waals surface area contributed by atoms with E-state index in [0.29, 0.717) is 12.8 Å². The number of carbonyl (C=O) groups excluding carboxylic acids is 1. The molecule has 2 rings (SSSR count). The van der Waals surface area contributed by atoms with Gasteiger partial charge in [0.1, 0.15) is 0 Å². The van der Waals surface area contributed by atoms with Crippen LogP contribution in [0.4, 0.5) is 0 Å². The topological polar surface area (TPSA) is 117 Å². The van der Waals surface area contributed by atoms with Crippen molar-refractivity contribution in [1.82, 2.24) is 9.62 Å².